The van der Waals surface area contributed by atoms with Crippen LogP contribution in [0.3, 0.4) is 0 Å². The fraction of sp³-hybridized carbons (Fsp3) is 0.500. The van der Waals surface area contributed by atoms with Gasteiger partial charge in [0.25, 0.3) is 0 Å². The summed E-state index contributed by atoms with van der Waals surface area (Å²) in [5, 5.41) is 34.8. The Morgan fingerprint density at radius 2 is 1.32 bits per heavy atom. The Bertz CT molecular complexity index is 451. The molecule has 22 heavy (non-hydrogen) atoms. The maximum atomic E-state index is 11.2. The van der Waals surface area contributed by atoms with E-state index >= 15 is 0 Å². The molecular weight excluding hydrogens is 359 g/mol. The van der Waals surface area contributed by atoms with E-state index in [1.807, 2.05) is 0 Å². The first-order valence-corrected chi connectivity index (χ1v) is 5.19. The number of hydrogen-bond donors (Lipinski definition) is 4. The van der Waals surface area contributed by atoms with Gasteiger partial charge in [-0.1, -0.05) is 0 Å². The molecular formula is C10H13FeNaO10. The molecule has 0 aromatic rings. The normalized spacial score (nSPS) is 11.9. The van der Waals surface area contributed by atoms with E-state index in [0.29, 0.717) is 0 Å². The molecule has 1 unspecified atom stereocenters. The van der Waals surface area contributed by atoms with Gasteiger partial charge in [-0.15, -0.1) is 0 Å². The van der Waals surface area contributed by atoms with Crippen LogP contribution in [0.25, 0.3) is 0 Å². The van der Waals surface area contributed by atoms with E-state index in [0.717, 1.165) is 0 Å². The molecule has 0 radical (unpaired) electrons. The molecule has 0 aromatic carbocycles. The summed E-state index contributed by atoms with van der Waals surface area (Å²) < 4.78 is 4.07. The molecule has 12 heteroatoms. The van der Waals surface area contributed by atoms with Crippen molar-refractivity contribution in [3.05, 3.63) is 0 Å². The van der Waals surface area contributed by atoms with E-state index in [-0.39, 0.29) is 46.6 Å². The van der Waals surface area contributed by atoms with Crippen LogP contribution in [0, 0.1) is 0 Å². The van der Waals surface area contributed by atoms with E-state index in [2.05, 4.69) is 4.74 Å². The van der Waals surface area contributed by atoms with Crippen LogP contribution in [0.1, 0.15) is 25.7 Å². The van der Waals surface area contributed by atoms with Gasteiger partial charge in [0.05, 0.1) is 25.7 Å². The van der Waals surface area contributed by atoms with Crippen molar-refractivity contribution in [3.63, 3.8) is 0 Å². The molecule has 0 aliphatic rings. The summed E-state index contributed by atoms with van der Waals surface area (Å²) in [5.74, 6) is -7.62. The predicted octanol–water partition coefficient (Wildman–Crippen LogP) is -2.05. The monoisotopic (exact) mass is 372 g/mol. The first kappa shape index (κ1) is 26.0. The molecule has 0 aromatic heterocycles. The summed E-state index contributed by atoms with van der Waals surface area (Å²) >= 11 is 0. The Morgan fingerprint density at radius 3 is 1.68 bits per heavy atom. The van der Waals surface area contributed by atoms with Gasteiger partial charge < -0.3 is 25.2 Å². The number of ether oxygens (including phenoxy) is 1. The molecule has 0 saturated carbocycles. The van der Waals surface area contributed by atoms with Crippen molar-refractivity contribution in [2.45, 2.75) is 31.3 Å². The first-order valence-electron chi connectivity index (χ1n) is 5.19. The Labute approximate surface area is 156 Å². The summed E-state index contributed by atoms with van der Waals surface area (Å²) in [6.07, 6.45) is -3.73. The van der Waals surface area contributed by atoms with Crippen molar-refractivity contribution in [2.24, 2.45) is 0 Å². The number of carboxylic acids is 3. The summed E-state index contributed by atoms with van der Waals surface area (Å²) in [7, 11) is 0. The van der Waals surface area contributed by atoms with Gasteiger partial charge in [-0.2, -0.15) is 0 Å². The number of hydrogen-bond acceptors (Lipinski definition) is 7. The molecule has 0 heterocycles. The Kier molecular flexibility index (Phi) is 13.7. The third kappa shape index (κ3) is 10.7. The third-order valence-corrected chi connectivity index (χ3v) is 2.05. The van der Waals surface area contributed by atoms with E-state index in [9.17, 15) is 29.1 Å². The van der Waals surface area contributed by atoms with Gasteiger partial charge in [-0.25, -0.2) is 4.79 Å². The summed E-state index contributed by atoms with van der Waals surface area (Å²) in [4.78, 5) is 53.4. The van der Waals surface area contributed by atoms with Crippen LogP contribution in [0.15, 0.2) is 0 Å². The number of esters is 2. The Balaban J connectivity index is -0.00000180. The van der Waals surface area contributed by atoms with Crippen LogP contribution < -0.4 is 0 Å². The topological polar surface area (TPSA) is 175 Å². The molecule has 0 spiro atoms. The van der Waals surface area contributed by atoms with E-state index in [1.54, 1.807) is 0 Å². The molecule has 0 amide bonds. The molecule has 4 N–H and O–H groups in total. The van der Waals surface area contributed by atoms with E-state index < -0.39 is 61.1 Å². The van der Waals surface area contributed by atoms with Crippen molar-refractivity contribution in [3.8, 4) is 0 Å². The second-order valence-corrected chi connectivity index (χ2v) is 3.82. The van der Waals surface area contributed by atoms with Gasteiger partial charge in [-0.05, 0) is 0 Å². The summed E-state index contributed by atoms with van der Waals surface area (Å²) in [6.45, 7) is 0. The van der Waals surface area contributed by atoms with Crippen LogP contribution in [-0.4, -0.2) is 85.4 Å². The molecule has 0 rings (SSSR count). The zero-order chi connectivity index (χ0) is 15.9. The number of aliphatic carboxylic acids is 3. The van der Waals surface area contributed by atoms with Crippen LogP contribution in [0.5, 0.6) is 0 Å². The summed E-state index contributed by atoms with van der Waals surface area (Å²) in [6, 6.07) is 0. The molecule has 0 saturated heterocycles. The van der Waals surface area contributed by atoms with Gasteiger partial charge in [0.2, 0.25) is 0 Å². The number of aliphatic hydroxyl groups is 1. The summed E-state index contributed by atoms with van der Waals surface area (Å²) in [5.41, 5.74) is -2.91. The predicted molar refractivity (Wildman–Crippen MR) is 64.6 cm³/mol. The minimum absolute atomic E-state index is 0. The van der Waals surface area contributed by atoms with Crippen molar-refractivity contribution in [2.75, 3.05) is 0 Å². The van der Waals surface area contributed by atoms with Gasteiger partial charge in [0, 0.05) is 17.1 Å². The van der Waals surface area contributed by atoms with Gasteiger partial charge in [0.15, 0.2) is 5.60 Å². The molecule has 1 atom stereocenters. The average Bonchev–Trinajstić information content (AvgIpc) is 2.24. The number of carbonyl (C=O) groups excluding carboxylic acids is 2. The average molecular weight is 372 g/mol. The quantitative estimate of drug-likeness (QED) is 0.211. The van der Waals surface area contributed by atoms with E-state index in [1.165, 1.54) is 0 Å². The van der Waals surface area contributed by atoms with Gasteiger partial charge in [-0.3, -0.25) is 19.2 Å². The third-order valence-electron chi connectivity index (χ3n) is 2.05. The van der Waals surface area contributed by atoms with Crippen LogP contribution >= 0.6 is 0 Å². The second-order valence-electron chi connectivity index (χ2n) is 3.82. The number of rotatable bonds is 8. The SMILES string of the molecule is O=C(O)CCC(=O)OC(=O)CC(O)(CC(=O)O)C(=O)O.[Fe].[NaH]. The fourth-order valence-corrected chi connectivity index (χ4v) is 1.13. The Morgan fingerprint density at radius 1 is 0.818 bits per heavy atom. The van der Waals surface area contributed by atoms with Crippen LogP contribution in [-0.2, 0) is 45.8 Å². The van der Waals surface area contributed by atoms with Gasteiger partial charge >= 0.3 is 59.4 Å². The molecule has 0 aliphatic heterocycles. The first-order chi connectivity index (χ1) is 9.06. The molecule has 0 bridgehead atoms. The van der Waals surface area contributed by atoms with Crippen LogP contribution in [0.4, 0.5) is 0 Å². The minimum atomic E-state index is -2.91. The standard InChI is InChI=1S/C10H12O10.Fe.Na.H/c11-5(12)1-2-7(15)20-8(16)4-10(19,9(17)18)3-6(13)14;;;/h19H,1-4H2,(H,11,12)(H,13,14)(H,17,18);;;. The van der Waals surface area contributed by atoms with Crippen molar-refractivity contribution in [1.82, 2.24) is 0 Å². The van der Waals surface area contributed by atoms with Crippen molar-refractivity contribution >= 4 is 59.4 Å². The second kappa shape index (κ2) is 11.6. The fourth-order valence-electron chi connectivity index (χ4n) is 1.13. The van der Waals surface area contributed by atoms with E-state index in [4.69, 9.17) is 15.3 Å². The number of carboxylic acid groups (broad SMARTS) is 3. The molecule has 10 nitrogen and oxygen atoms in total. The Hall–Kier alpha value is -0.971. The molecule has 0 fully saturated rings. The van der Waals surface area contributed by atoms with Gasteiger partial charge in [0.1, 0.15) is 0 Å². The molecule has 122 valence electrons. The van der Waals surface area contributed by atoms with Crippen LogP contribution in [0.2, 0.25) is 0 Å². The zero-order valence-corrected chi connectivity index (χ0v) is 11.5. The zero-order valence-electron chi connectivity index (χ0n) is 10.4. The van der Waals surface area contributed by atoms with Crippen molar-refractivity contribution in [1.29, 1.82) is 0 Å². The maximum absolute atomic E-state index is 11.2. The number of carbonyl (C=O) groups is 5. The van der Waals surface area contributed by atoms with Crippen molar-refractivity contribution < 1.29 is 66.2 Å². The molecule has 0 aliphatic carbocycles.